The zero-order valence-electron chi connectivity index (χ0n) is 10.2. The molecule has 2 aromatic rings. The number of nitrogens with zero attached hydrogens (tertiary/aromatic N) is 1. The summed E-state index contributed by atoms with van der Waals surface area (Å²) in [5.41, 5.74) is 1.37. The smallest absolute Gasteiger partial charge is 0.263 e. The standard InChI is InChI=1S/C12H9BrCl2N2O2S/c1-7-2-3-9(13)11(4-7)17-20(18,19)8-5-10(14)12(15)16-6-8/h2-6,17H,1H3. The molecule has 0 aliphatic carbocycles. The number of sulfonamides is 1. The van der Waals surface area contributed by atoms with Crippen molar-refractivity contribution in [1.29, 1.82) is 0 Å². The molecule has 106 valence electrons. The predicted octanol–water partition coefficient (Wildman–Crippen LogP) is 4.26. The summed E-state index contributed by atoms with van der Waals surface area (Å²) in [4.78, 5) is 3.67. The van der Waals surface area contributed by atoms with Crippen LogP contribution in [0.15, 0.2) is 39.8 Å². The van der Waals surface area contributed by atoms with Crippen molar-refractivity contribution >= 4 is 54.8 Å². The van der Waals surface area contributed by atoms with E-state index >= 15 is 0 Å². The molecule has 0 bridgehead atoms. The van der Waals surface area contributed by atoms with E-state index in [4.69, 9.17) is 23.2 Å². The highest BCUT2D eigenvalue weighted by molar-refractivity contribution is 9.10. The maximum atomic E-state index is 12.3. The Morgan fingerprint density at radius 2 is 1.95 bits per heavy atom. The molecule has 0 aliphatic heterocycles. The first-order valence-electron chi connectivity index (χ1n) is 5.39. The highest BCUT2D eigenvalue weighted by Gasteiger charge is 2.17. The molecule has 1 aromatic heterocycles. The van der Waals surface area contributed by atoms with Gasteiger partial charge in [-0.2, -0.15) is 0 Å². The van der Waals surface area contributed by atoms with Gasteiger partial charge in [0.2, 0.25) is 0 Å². The number of rotatable bonds is 3. The third kappa shape index (κ3) is 3.44. The minimum atomic E-state index is -3.78. The number of aryl methyl sites for hydroxylation is 1. The van der Waals surface area contributed by atoms with E-state index in [1.54, 1.807) is 12.1 Å². The Morgan fingerprint density at radius 3 is 2.60 bits per heavy atom. The van der Waals surface area contributed by atoms with Crippen LogP contribution in [0.3, 0.4) is 0 Å². The Balaban J connectivity index is 2.40. The average molecular weight is 396 g/mol. The zero-order valence-corrected chi connectivity index (χ0v) is 14.1. The van der Waals surface area contributed by atoms with E-state index < -0.39 is 10.0 Å². The summed E-state index contributed by atoms with van der Waals surface area (Å²) in [6.07, 6.45) is 1.15. The van der Waals surface area contributed by atoms with Crippen LogP contribution in [0, 0.1) is 6.92 Å². The largest absolute Gasteiger partial charge is 0.278 e. The van der Waals surface area contributed by atoms with Crippen LogP contribution < -0.4 is 4.72 Å². The molecule has 0 unspecified atom stereocenters. The molecule has 20 heavy (non-hydrogen) atoms. The van der Waals surface area contributed by atoms with Gasteiger partial charge in [0.25, 0.3) is 10.0 Å². The van der Waals surface area contributed by atoms with Gasteiger partial charge in [-0.05, 0) is 46.6 Å². The van der Waals surface area contributed by atoms with Crippen LogP contribution in [0.5, 0.6) is 0 Å². The molecule has 0 saturated heterocycles. The van der Waals surface area contributed by atoms with Gasteiger partial charge >= 0.3 is 0 Å². The van der Waals surface area contributed by atoms with Crippen LogP contribution in [0.2, 0.25) is 10.2 Å². The van der Waals surface area contributed by atoms with Crippen LogP contribution >= 0.6 is 39.1 Å². The minimum absolute atomic E-state index is 0.0553. The summed E-state index contributed by atoms with van der Waals surface area (Å²) >= 11 is 14.7. The van der Waals surface area contributed by atoms with Gasteiger partial charge in [0.15, 0.2) is 0 Å². The van der Waals surface area contributed by atoms with Gasteiger partial charge in [-0.3, -0.25) is 4.72 Å². The summed E-state index contributed by atoms with van der Waals surface area (Å²) in [5.74, 6) is 0. The van der Waals surface area contributed by atoms with Gasteiger partial charge < -0.3 is 0 Å². The first kappa shape index (κ1) is 15.6. The summed E-state index contributed by atoms with van der Waals surface area (Å²) in [6, 6.07) is 6.60. The predicted molar refractivity (Wildman–Crippen MR) is 83.9 cm³/mol. The summed E-state index contributed by atoms with van der Waals surface area (Å²) < 4.78 is 27.6. The van der Waals surface area contributed by atoms with E-state index in [1.807, 2.05) is 13.0 Å². The molecule has 1 N–H and O–H groups in total. The molecule has 0 spiro atoms. The fourth-order valence-corrected chi connectivity index (χ4v) is 3.32. The lowest BCUT2D eigenvalue weighted by atomic mass is 10.2. The van der Waals surface area contributed by atoms with Crippen LogP contribution in [0.25, 0.3) is 0 Å². The highest BCUT2D eigenvalue weighted by atomic mass is 79.9. The second-order valence-electron chi connectivity index (χ2n) is 4.03. The van der Waals surface area contributed by atoms with E-state index in [0.717, 1.165) is 11.8 Å². The fourth-order valence-electron chi connectivity index (χ4n) is 1.47. The van der Waals surface area contributed by atoms with Crippen LogP contribution in [0.4, 0.5) is 5.69 Å². The Kier molecular flexibility index (Phi) is 4.59. The van der Waals surface area contributed by atoms with Crippen molar-refractivity contribution in [3.63, 3.8) is 0 Å². The number of hydrogen-bond donors (Lipinski definition) is 1. The normalized spacial score (nSPS) is 11.4. The lowest BCUT2D eigenvalue weighted by Gasteiger charge is -2.10. The first-order chi connectivity index (χ1) is 9.29. The molecule has 0 fully saturated rings. The van der Waals surface area contributed by atoms with E-state index in [-0.39, 0.29) is 15.1 Å². The summed E-state index contributed by atoms with van der Waals surface area (Å²) in [6.45, 7) is 1.87. The summed E-state index contributed by atoms with van der Waals surface area (Å²) in [5, 5.41) is 0.139. The maximum Gasteiger partial charge on any atom is 0.263 e. The van der Waals surface area contributed by atoms with E-state index in [2.05, 4.69) is 25.6 Å². The van der Waals surface area contributed by atoms with Gasteiger partial charge in [-0.15, -0.1) is 0 Å². The lowest BCUT2D eigenvalue weighted by molar-refractivity contribution is 0.601. The molecule has 8 heteroatoms. The second kappa shape index (κ2) is 5.89. The summed E-state index contributed by atoms with van der Waals surface area (Å²) in [7, 11) is -3.78. The highest BCUT2D eigenvalue weighted by Crippen LogP contribution is 2.27. The molecule has 1 aromatic carbocycles. The van der Waals surface area contributed by atoms with Crippen molar-refractivity contribution in [3.05, 3.63) is 50.7 Å². The molecule has 0 atom stereocenters. The van der Waals surface area contributed by atoms with Gasteiger partial charge in [0.05, 0.1) is 10.7 Å². The first-order valence-corrected chi connectivity index (χ1v) is 8.43. The molecule has 1 heterocycles. The van der Waals surface area contributed by atoms with Gasteiger partial charge in [0.1, 0.15) is 10.0 Å². The van der Waals surface area contributed by atoms with Gasteiger partial charge in [0, 0.05) is 10.7 Å². The fraction of sp³-hybridized carbons (Fsp3) is 0.0833. The molecule has 0 radical (unpaired) electrons. The minimum Gasteiger partial charge on any atom is -0.278 e. The van der Waals surface area contributed by atoms with E-state index in [9.17, 15) is 8.42 Å². The average Bonchev–Trinajstić information content (AvgIpc) is 2.36. The third-order valence-corrected chi connectivity index (χ3v) is 5.16. The van der Waals surface area contributed by atoms with Gasteiger partial charge in [-0.1, -0.05) is 29.3 Å². The molecule has 2 rings (SSSR count). The number of pyridine rings is 1. The molecule has 0 aliphatic rings. The maximum absolute atomic E-state index is 12.3. The molecular weight excluding hydrogens is 387 g/mol. The Bertz CT molecular complexity index is 766. The second-order valence-corrected chi connectivity index (χ2v) is 7.33. The van der Waals surface area contributed by atoms with Crippen molar-refractivity contribution < 1.29 is 8.42 Å². The Labute approximate surface area is 135 Å². The number of anilines is 1. The number of benzene rings is 1. The van der Waals surface area contributed by atoms with E-state index in [1.165, 1.54) is 6.07 Å². The number of hydrogen-bond acceptors (Lipinski definition) is 3. The monoisotopic (exact) mass is 394 g/mol. The SMILES string of the molecule is Cc1ccc(Br)c(NS(=O)(=O)c2cnc(Cl)c(Cl)c2)c1. The molecule has 0 saturated carbocycles. The molecule has 4 nitrogen and oxygen atoms in total. The van der Waals surface area contributed by atoms with Crippen LogP contribution in [-0.4, -0.2) is 13.4 Å². The number of aromatic nitrogens is 1. The Hall–Kier alpha value is -0.820. The zero-order chi connectivity index (χ0) is 14.9. The lowest BCUT2D eigenvalue weighted by Crippen LogP contribution is -2.13. The van der Waals surface area contributed by atoms with Crippen molar-refractivity contribution in [3.8, 4) is 0 Å². The van der Waals surface area contributed by atoms with Crippen LogP contribution in [-0.2, 0) is 10.0 Å². The molecular formula is C12H9BrCl2N2O2S. The number of nitrogens with one attached hydrogen (secondary N) is 1. The van der Waals surface area contributed by atoms with Crippen molar-refractivity contribution in [2.75, 3.05) is 4.72 Å². The molecule has 0 amide bonds. The van der Waals surface area contributed by atoms with E-state index in [0.29, 0.717) is 10.2 Å². The van der Waals surface area contributed by atoms with Gasteiger partial charge in [-0.25, -0.2) is 13.4 Å². The third-order valence-electron chi connectivity index (χ3n) is 2.45. The van der Waals surface area contributed by atoms with Crippen molar-refractivity contribution in [1.82, 2.24) is 4.98 Å². The quantitative estimate of drug-likeness (QED) is 0.789. The topological polar surface area (TPSA) is 59.1 Å². The van der Waals surface area contributed by atoms with Crippen molar-refractivity contribution in [2.24, 2.45) is 0 Å². The van der Waals surface area contributed by atoms with Crippen LogP contribution in [0.1, 0.15) is 5.56 Å². The Morgan fingerprint density at radius 1 is 1.25 bits per heavy atom. The van der Waals surface area contributed by atoms with Crippen molar-refractivity contribution in [2.45, 2.75) is 11.8 Å². The number of halogens is 3.